The lowest BCUT2D eigenvalue weighted by atomic mass is 10.1. The molecular weight excluding hydrogens is 530 g/mol. The minimum atomic E-state index is -0.441. The predicted octanol–water partition coefficient (Wildman–Crippen LogP) is 6.60. The first-order chi connectivity index (χ1) is 14.9. The number of hydrogen-bond acceptors (Lipinski definition) is 5. The minimum Gasteiger partial charge on any atom is -0.497 e. The molecule has 0 aromatic heterocycles. The summed E-state index contributed by atoms with van der Waals surface area (Å²) in [5, 5.41) is 10.7. The number of benzene rings is 3. The Morgan fingerprint density at radius 2 is 1.65 bits per heavy atom. The average molecular weight is 547 g/mol. The van der Waals surface area contributed by atoms with Gasteiger partial charge < -0.3 is 9.47 Å². The topological polar surface area (TPSA) is 78.7 Å². The second-order valence-corrected chi connectivity index (χ2v) is 8.16. The van der Waals surface area contributed by atoms with Gasteiger partial charge in [-0.25, -0.2) is 0 Å². The van der Waals surface area contributed by atoms with E-state index in [1.165, 1.54) is 18.2 Å². The number of nitro groups is 1. The van der Waals surface area contributed by atoms with E-state index in [1.807, 2.05) is 12.1 Å². The summed E-state index contributed by atoms with van der Waals surface area (Å²) in [7, 11) is 1.58. The van der Waals surface area contributed by atoms with Crippen molar-refractivity contribution in [1.29, 1.82) is 0 Å². The van der Waals surface area contributed by atoms with Crippen LogP contribution in [-0.4, -0.2) is 17.8 Å². The van der Waals surface area contributed by atoms with E-state index >= 15 is 0 Å². The molecule has 0 saturated carbocycles. The first-order valence-corrected chi connectivity index (χ1v) is 10.7. The standard InChI is InChI=1S/C23H17Br2NO5/c1-30-19-9-5-17(6-10-19)22(27)11-4-16-12-20(24)23(21(25)13-16)31-14-15-2-7-18(8-3-15)26(28)29/h2-13H,14H2,1H3/b11-4+. The molecule has 0 N–H and O–H groups in total. The number of methoxy groups -OCH3 is 1. The van der Waals surface area contributed by atoms with Crippen LogP contribution < -0.4 is 9.47 Å². The quantitative estimate of drug-likeness (QED) is 0.137. The highest BCUT2D eigenvalue weighted by atomic mass is 79.9. The normalized spacial score (nSPS) is 10.8. The van der Waals surface area contributed by atoms with Crippen LogP contribution in [0.25, 0.3) is 6.08 Å². The Bertz CT molecular complexity index is 1100. The van der Waals surface area contributed by atoms with E-state index in [1.54, 1.807) is 49.6 Å². The summed E-state index contributed by atoms with van der Waals surface area (Å²) in [4.78, 5) is 22.7. The second-order valence-electron chi connectivity index (χ2n) is 6.45. The molecule has 0 unspecified atom stereocenters. The molecular formula is C23H17Br2NO5. The monoisotopic (exact) mass is 545 g/mol. The molecule has 0 saturated heterocycles. The van der Waals surface area contributed by atoms with E-state index in [4.69, 9.17) is 9.47 Å². The number of non-ortho nitro benzene ring substituents is 1. The van der Waals surface area contributed by atoms with Gasteiger partial charge in [0.05, 0.1) is 21.0 Å². The zero-order chi connectivity index (χ0) is 22.4. The number of nitro benzene ring substituents is 1. The predicted molar refractivity (Wildman–Crippen MR) is 126 cm³/mol. The highest BCUT2D eigenvalue weighted by Gasteiger charge is 2.10. The number of nitrogens with zero attached hydrogens (tertiary/aromatic N) is 1. The van der Waals surface area contributed by atoms with E-state index in [0.29, 0.717) is 26.0 Å². The molecule has 8 heteroatoms. The van der Waals surface area contributed by atoms with Crippen LogP contribution in [0.1, 0.15) is 21.5 Å². The Hall–Kier alpha value is -2.97. The number of carbonyl (C=O) groups is 1. The van der Waals surface area contributed by atoms with E-state index in [2.05, 4.69) is 31.9 Å². The van der Waals surface area contributed by atoms with Gasteiger partial charge in [0.1, 0.15) is 18.1 Å². The lowest BCUT2D eigenvalue weighted by molar-refractivity contribution is -0.384. The first kappa shape index (κ1) is 22.7. The molecule has 0 heterocycles. The van der Waals surface area contributed by atoms with Crippen LogP contribution in [0.3, 0.4) is 0 Å². The van der Waals surface area contributed by atoms with Crippen molar-refractivity contribution in [2.45, 2.75) is 6.61 Å². The highest BCUT2D eigenvalue weighted by Crippen LogP contribution is 2.36. The minimum absolute atomic E-state index is 0.0337. The van der Waals surface area contributed by atoms with Crippen molar-refractivity contribution in [3.63, 3.8) is 0 Å². The van der Waals surface area contributed by atoms with Crippen molar-refractivity contribution < 1.29 is 19.2 Å². The summed E-state index contributed by atoms with van der Waals surface area (Å²) < 4.78 is 12.4. The molecule has 6 nitrogen and oxygen atoms in total. The van der Waals surface area contributed by atoms with Gasteiger partial charge in [-0.2, -0.15) is 0 Å². The third kappa shape index (κ3) is 6.02. The summed E-state index contributed by atoms with van der Waals surface area (Å²) in [6.07, 6.45) is 3.23. The maximum atomic E-state index is 12.4. The maximum Gasteiger partial charge on any atom is 0.269 e. The Balaban J connectivity index is 1.68. The van der Waals surface area contributed by atoms with Crippen molar-refractivity contribution in [2.24, 2.45) is 0 Å². The van der Waals surface area contributed by atoms with Crippen molar-refractivity contribution in [3.05, 3.63) is 102 Å². The number of carbonyl (C=O) groups excluding carboxylic acids is 1. The second kappa shape index (κ2) is 10.4. The molecule has 0 radical (unpaired) electrons. The van der Waals surface area contributed by atoms with Crippen LogP contribution in [0, 0.1) is 10.1 Å². The fourth-order valence-electron chi connectivity index (χ4n) is 2.71. The van der Waals surface area contributed by atoms with Crippen molar-refractivity contribution in [3.8, 4) is 11.5 Å². The Morgan fingerprint density at radius 3 is 2.19 bits per heavy atom. The van der Waals surface area contributed by atoms with Gasteiger partial charge in [-0.3, -0.25) is 14.9 Å². The number of ether oxygens (including phenoxy) is 2. The molecule has 0 amide bonds. The van der Waals surface area contributed by atoms with E-state index in [0.717, 1.165) is 11.1 Å². The molecule has 3 aromatic rings. The van der Waals surface area contributed by atoms with Crippen LogP contribution in [0.5, 0.6) is 11.5 Å². The van der Waals surface area contributed by atoms with Crippen LogP contribution in [0.4, 0.5) is 5.69 Å². The van der Waals surface area contributed by atoms with Gasteiger partial charge in [0.2, 0.25) is 0 Å². The third-order valence-electron chi connectivity index (χ3n) is 4.35. The van der Waals surface area contributed by atoms with Crippen LogP contribution in [-0.2, 0) is 6.61 Å². The van der Waals surface area contributed by atoms with Gasteiger partial charge in [-0.05, 0) is 97.6 Å². The fourth-order valence-corrected chi connectivity index (χ4v) is 4.16. The van der Waals surface area contributed by atoms with Crippen LogP contribution in [0.2, 0.25) is 0 Å². The summed E-state index contributed by atoms with van der Waals surface area (Å²) in [6.45, 7) is 0.250. The smallest absolute Gasteiger partial charge is 0.269 e. The molecule has 0 aliphatic rings. The molecule has 158 valence electrons. The van der Waals surface area contributed by atoms with Gasteiger partial charge in [-0.15, -0.1) is 0 Å². The zero-order valence-corrected chi connectivity index (χ0v) is 19.6. The van der Waals surface area contributed by atoms with Crippen molar-refractivity contribution >= 4 is 49.4 Å². The molecule has 0 aliphatic carbocycles. The largest absolute Gasteiger partial charge is 0.497 e. The summed E-state index contributed by atoms with van der Waals surface area (Å²) >= 11 is 6.99. The van der Waals surface area contributed by atoms with Gasteiger partial charge in [-0.1, -0.05) is 6.08 Å². The van der Waals surface area contributed by atoms with Gasteiger partial charge in [0.15, 0.2) is 5.78 Å². The van der Waals surface area contributed by atoms with E-state index in [9.17, 15) is 14.9 Å². The number of allylic oxidation sites excluding steroid dienone is 1. The number of ketones is 1. The van der Waals surface area contributed by atoms with Gasteiger partial charge in [0.25, 0.3) is 5.69 Å². The summed E-state index contributed by atoms with van der Waals surface area (Å²) in [6, 6.07) is 16.8. The van der Waals surface area contributed by atoms with Gasteiger partial charge in [0, 0.05) is 17.7 Å². The maximum absolute atomic E-state index is 12.4. The number of hydrogen-bond donors (Lipinski definition) is 0. The summed E-state index contributed by atoms with van der Waals surface area (Å²) in [5.74, 6) is 1.17. The highest BCUT2D eigenvalue weighted by molar-refractivity contribution is 9.11. The van der Waals surface area contributed by atoms with E-state index < -0.39 is 4.92 Å². The molecule has 0 atom stereocenters. The fraction of sp³-hybridized carbons (Fsp3) is 0.0870. The molecule has 0 aliphatic heterocycles. The zero-order valence-electron chi connectivity index (χ0n) is 16.4. The van der Waals surface area contributed by atoms with Crippen LogP contribution >= 0.6 is 31.9 Å². The lowest BCUT2D eigenvalue weighted by Gasteiger charge is -2.11. The van der Waals surface area contributed by atoms with Crippen molar-refractivity contribution in [1.82, 2.24) is 0 Å². The van der Waals surface area contributed by atoms with Gasteiger partial charge >= 0.3 is 0 Å². The van der Waals surface area contributed by atoms with Crippen molar-refractivity contribution in [2.75, 3.05) is 7.11 Å². The molecule has 0 fully saturated rings. The Morgan fingerprint density at radius 1 is 1.03 bits per heavy atom. The molecule has 31 heavy (non-hydrogen) atoms. The third-order valence-corrected chi connectivity index (χ3v) is 5.53. The Kier molecular flexibility index (Phi) is 7.59. The Labute approximate surface area is 195 Å². The molecule has 3 aromatic carbocycles. The molecule has 0 spiro atoms. The lowest BCUT2D eigenvalue weighted by Crippen LogP contribution is -1.98. The average Bonchev–Trinajstić information content (AvgIpc) is 2.77. The number of halogens is 2. The first-order valence-electron chi connectivity index (χ1n) is 9.09. The van der Waals surface area contributed by atoms with E-state index in [-0.39, 0.29) is 18.1 Å². The summed E-state index contributed by atoms with van der Waals surface area (Å²) in [5.41, 5.74) is 2.21. The molecule has 3 rings (SSSR count). The molecule has 0 bridgehead atoms. The van der Waals surface area contributed by atoms with Crippen LogP contribution in [0.15, 0.2) is 75.7 Å². The SMILES string of the molecule is COc1ccc(C(=O)/C=C/c2cc(Br)c(OCc3ccc([N+](=O)[O-])cc3)c(Br)c2)cc1. The number of rotatable bonds is 8.